The minimum atomic E-state index is -0.123. The molecule has 0 bridgehead atoms. The van der Waals surface area contributed by atoms with Gasteiger partial charge >= 0.3 is 0 Å². The van der Waals surface area contributed by atoms with E-state index >= 15 is 0 Å². The molecule has 0 saturated heterocycles. The number of amides is 1. The van der Waals surface area contributed by atoms with Crippen molar-refractivity contribution in [1.82, 2.24) is 5.32 Å². The fourth-order valence-electron chi connectivity index (χ4n) is 1.15. The molecule has 2 aromatic heterocycles. The first-order chi connectivity index (χ1) is 6.79. The molecule has 0 radical (unpaired) electrons. The monoisotopic (exact) mass is 223 g/mol. The molecular formula is C10H9NOS2. The zero-order valence-corrected chi connectivity index (χ0v) is 9.08. The van der Waals surface area contributed by atoms with Gasteiger partial charge in [0.1, 0.15) is 0 Å². The zero-order chi connectivity index (χ0) is 9.97. The third-order valence-electron chi connectivity index (χ3n) is 1.81. The maximum absolute atomic E-state index is 10.9. The molecule has 0 spiro atoms. The van der Waals surface area contributed by atoms with Gasteiger partial charge in [0.25, 0.3) is 0 Å². The number of thiophene rings is 2. The van der Waals surface area contributed by atoms with E-state index in [1.165, 1.54) is 20.4 Å². The van der Waals surface area contributed by atoms with Crippen molar-refractivity contribution < 1.29 is 4.79 Å². The molecule has 0 unspecified atom stereocenters. The van der Waals surface area contributed by atoms with Crippen LogP contribution in [0.5, 0.6) is 0 Å². The van der Waals surface area contributed by atoms with Crippen LogP contribution in [0.3, 0.4) is 0 Å². The van der Waals surface area contributed by atoms with Crippen LogP contribution in [0.2, 0.25) is 0 Å². The average Bonchev–Trinajstić information content (AvgIpc) is 2.73. The lowest BCUT2D eigenvalue weighted by molar-refractivity contribution is -0.116. The Kier molecular flexibility index (Phi) is 2.65. The molecule has 2 heterocycles. The predicted octanol–water partition coefficient (Wildman–Crippen LogP) is 2.77. The van der Waals surface area contributed by atoms with Gasteiger partial charge in [-0.25, -0.2) is 0 Å². The standard InChI is InChI=1S/C10H9NOS2/c1-2-10(12)11-6-7-5-9-8(14-7)3-4-13-9/h2-5H,1,6H2,(H,11,12). The van der Waals surface area contributed by atoms with Crippen molar-refractivity contribution in [3.05, 3.63) is 35.0 Å². The molecule has 0 saturated carbocycles. The Labute approximate surface area is 89.9 Å². The number of hydrogen-bond acceptors (Lipinski definition) is 3. The maximum atomic E-state index is 10.9. The lowest BCUT2D eigenvalue weighted by Crippen LogP contribution is -2.19. The van der Waals surface area contributed by atoms with Gasteiger partial charge in [-0.15, -0.1) is 22.7 Å². The van der Waals surface area contributed by atoms with Crippen LogP contribution in [0.15, 0.2) is 30.2 Å². The smallest absolute Gasteiger partial charge is 0.243 e. The van der Waals surface area contributed by atoms with Crippen molar-refractivity contribution in [3.63, 3.8) is 0 Å². The highest BCUT2D eigenvalue weighted by molar-refractivity contribution is 7.26. The second-order valence-corrected chi connectivity index (χ2v) is 4.90. The van der Waals surface area contributed by atoms with Gasteiger partial charge in [-0.1, -0.05) is 6.58 Å². The summed E-state index contributed by atoms with van der Waals surface area (Å²) in [5, 5.41) is 4.83. The quantitative estimate of drug-likeness (QED) is 0.796. The van der Waals surface area contributed by atoms with Gasteiger partial charge < -0.3 is 5.32 Å². The molecule has 0 aliphatic heterocycles. The first-order valence-electron chi connectivity index (χ1n) is 4.16. The van der Waals surface area contributed by atoms with E-state index < -0.39 is 0 Å². The van der Waals surface area contributed by atoms with Gasteiger partial charge in [0, 0.05) is 14.3 Å². The molecule has 0 aliphatic rings. The highest BCUT2D eigenvalue weighted by Crippen LogP contribution is 2.29. The molecule has 4 heteroatoms. The molecule has 2 rings (SSSR count). The zero-order valence-electron chi connectivity index (χ0n) is 7.45. The Balaban J connectivity index is 2.08. The van der Waals surface area contributed by atoms with Crippen molar-refractivity contribution >= 4 is 38.0 Å². The number of rotatable bonds is 3. The number of hydrogen-bond donors (Lipinski definition) is 1. The van der Waals surface area contributed by atoms with Gasteiger partial charge in [0.2, 0.25) is 5.91 Å². The summed E-state index contributed by atoms with van der Waals surface area (Å²) in [6, 6.07) is 4.22. The maximum Gasteiger partial charge on any atom is 0.243 e. The molecule has 2 nitrogen and oxygen atoms in total. The first-order valence-corrected chi connectivity index (χ1v) is 5.85. The van der Waals surface area contributed by atoms with Gasteiger partial charge in [0.15, 0.2) is 0 Å². The van der Waals surface area contributed by atoms with Crippen molar-refractivity contribution in [3.8, 4) is 0 Å². The van der Waals surface area contributed by atoms with E-state index in [2.05, 4.69) is 29.4 Å². The van der Waals surface area contributed by atoms with Gasteiger partial charge in [0.05, 0.1) is 6.54 Å². The normalized spacial score (nSPS) is 10.3. The second-order valence-electron chi connectivity index (χ2n) is 2.78. The number of carbonyl (C=O) groups is 1. The summed E-state index contributed by atoms with van der Waals surface area (Å²) < 4.78 is 2.58. The van der Waals surface area contributed by atoms with Crippen LogP contribution in [0.4, 0.5) is 0 Å². The topological polar surface area (TPSA) is 29.1 Å². The summed E-state index contributed by atoms with van der Waals surface area (Å²) >= 11 is 3.44. The summed E-state index contributed by atoms with van der Waals surface area (Å²) in [7, 11) is 0. The van der Waals surface area contributed by atoms with E-state index in [0.29, 0.717) is 6.54 Å². The van der Waals surface area contributed by atoms with Gasteiger partial charge in [-0.3, -0.25) is 4.79 Å². The third-order valence-corrected chi connectivity index (χ3v) is 3.91. The highest BCUT2D eigenvalue weighted by Gasteiger charge is 2.02. The van der Waals surface area contributed by atoms with Gasteiger partial charge in [-0.05, 0) is 23.6 Å². The molecule has 0 fully saturated rings. The molecule has 14 heavy (non-hydrogen) atoms. The largest absolute Gasteiger partial charge is 0.348 e. The van der Waals surface area contributed by atoms with Crippen LogP contribution in [0, 0.1) is 0 Å². The minimum absolute atomic E-state index is 0.123. The Morgan fingerprint density at radius 3 is 3.14 bits per heavy atom. The summed E-state index contributed by atoms with van der Waals surface area (Å²) in [6.45, 7) is 3.99. The van der Waals surface area contributed by atoms with E-state index in [1.807, 2.05) is 0 Å². The second kappa shape index (κ2) is 3.94. The highest BCUT2D eigenvalue weighted by atomic mass is 32.1. The van der Waals surface area contributed by atoms with E-state index in [0.717, 1.165) is 0 Å². The molecule has 1 N–H and O–H groups in total. The molecule has 0 aromatic carbocycles. The molecule has 0 aliphatic carbocycles. The molecule has 1 amide bonds. The minimum Gasteiger partial charge on any atom is -0.348 e. The van der Waals surface area contributed by atoms with E-state index in [-0.39, 0.29) is 5.91 Å². The first kappa shape index (κ1) is 9.43. The van der Waals surface area contributed by atoms with Gasteiger partial charge in [-0.2, -0.15) is 0 Å². The Bertz CT molecular complexity index is 441. The van der Waals surface area contributed by atoms with Crippen LogP contribution < -0.4 is 5.32 Å². The summed E-state index contributed by atoms with van der Waals surface area (Å²) in [5.74, 6) is -0.123. The van der Waals surface area contributed by atoms with Crippen molar-refractivity contribution in [1.29, 1.82) is 0 Å². The van der Waals surface area contributed by atoms with Crippen molar-refractivity contribution in [2.75, 3.05) is 0 Å². The lowest BCUT2D eigenvalue weighted by Gasteiger charge is -1.97. The van der Waals surface area contributed by atoms with Crippen molar-refractivity contribution in [2.24, 2.45) is 0 Å². The van der Waals surface area contributed by atoms with E-state index in [1.54, 1.807) is 22.7 Å². The number of carbonyl (C=O) groups excluding carboxylic acids is 1. The van der Waals surface area contributed by atoms with Crippen LogP contribution in [-0.4, -0.2) is 5.91 Å². The van der Waals surface area contributed by atoms with Crippen LogP contribution in [-0.2, 0) is 11.3 Å². The van der Waals surface area contributed by atoms with Crippen molar-refractivity contribution in [2.45, 2.75) is 6.54 Å². The fourth-order valence-corrected chi connectivity index (χ4v) is 3.22. The fraction of sp³-hybridized carbons (Fsp3) is 0.100. The SMILES string of the molecule is C=CC(=O)NCc1cc2sccc2s1. The molecule has 2 aromatic rings. The average molecular weight is 223 g/mol. The predicted molar refractivity (Wildman–Crippen MR) is 61.7 cm³/mol. The Morgan fingerprint density at radius 2 is 2.43 bits per heavy atom. The molecule has 0 atom stereocenters. The van der Waals surface area contributed by atoms with E-state index in [9.17, 15) is 4.79 Å². The van der Waals surface area contributed by atoms with Crippen LogP contribution in [0.25, 0.3) is 9.40 Å². The Hall–Kier alpha value is -1.13. The molecular weight excluding hydrogens is 214 g/mol. The number of nitrogens with one attached hydrogen (secondary N) is 1. The van der Waals surface area contributed by atoms with E-state index in [4.69, 9.17) is 0 Å². The third kappa shape index (κ3) is 1.86. The van der Waals surface area contributed by atoms with Crippen LogP contribution in [0.1, 0.15) is 4.88 Å². The lowest BCUT2D eigenvalue weighted by atomic mass is 10.4. The summed E-state index contributed by atoms with van der Waals surface area (Å²) in [6.07, 6.45) is 1.29. The van der Waals surface area contributed by atoms with Crippen LogP contribution >= 0.6 is 22.7 Å². The summed E-state index contributed by atoms with van der Waals surface area (Å²) in [4.78, 5) is 12.1. The molecule has 72 valence electrons. The summed E-state index contributed by atoms with van der Waals surface area (Å²) in [5.41, 5.74) is 0. The Morgan fingerprint density at radius 1 is 1.57 bits per heavy atom. The number of fused-ring (bicyclic) bond motifs is 1.